The van der Waals surface area contributed by atoms with Crippen LogP contribution in [0.2, 0.25) is 0 Å². The molecule has 0 aliphatic heterocycles. The molecule has 0 amide bonds. The molecule has 0 fully saturated rings. The number of alkyl halides is 3. The second-order valence-corrected chi connectivity index (χ2v) is 3.07. The summed E-state index contributed by atoms with van der Waals surface area (Å²) in [4.78, 5) is 9.66. The van der Waals surface area contributed by atoms with Crippen LogP contribution >= 0.6 is 0 Å². The normalized spacial score (nSPS) is 11.3. The van der Waals surface area contributed by atoms with Gasteiger partial charge in [-0.1, -0.05) is 0 Å². The number of nitrogens with zero attached hydrogens (tertiary/aromatic N) is 1. The summed E-state index contributed by atoms with van der Waals surface area (Å²) in [5, 5.41) is 10.6. The van der Waals surface area contributed by atoms with Crippen molar-refractivity contribution in [2.24, 2.45) is 5.73 Å². The zero-order chi connectivity index (χ0) is 13.1. The van der Waals surface area contributed by atoms with Crippen molar-refractivity contribution in [3.8, 4) is 5.75 Å². The van der Waals surface area contributed by atoms with Crippen LogP contribution in [-0.4, -0.2) is 18.1 Å². The third kappa shape index (κ3) is 3.31. The minimum absolute atomic E-state index is 0.00773. The monoisotopic (exact) mass is 250 g/mol. The highest BCUT2D eigenvalue weighted by molar-refractivity contribution is 5.49. The van der Waals surface area contributed by atoms with Crippen LogP contribution in [0.4, 0.5) is 18.9 Å². The van der Waals surface area contributed by atoms with Gasteiger partial charge in [-0.2, -0.15) is 13.2 Å². The highest BCUT2D eigenvalue weighted by Gasteiger charge is 2.33. The predicted molar refractivity (Wildman–Crippen MR) is 52.6 cm³/mol. The van der Waals surface area contributed by atoms with Gasteiger partial charge in [-0.25, -0.2) is 0 Å². The summed E-state index contributed by atoms with van der Waals surface area (Å²) < 4.78 is 41.9. The van der Waals surface area contributed by atoms with Gasteiger partial charge in [0.1, 0.15) is 6.61 Å². The van der Waals surface area contributed by atoms with E-state index in [1.165, 1.54) is 0 Å². The maximum atomic E-state index is 12.3. The third-order valence-corrected chi connectivity index (χ3v) is 1.86. The fourth-order valence-corrected chi connectivity index (χ4v) is 1.13. The average Bonchev–Trinajstić information content (AvgIpc) is 2.24. The van der Waals surface area contributed by atoms with Crippen molar-refractivity contribution in [3.05, 3.63) is 33.9 Å². The minimum Gasteiger partial charge on any atom is -0.485 e. The number of benzene rings is 1. The number of nitro groups is 1. The summed E-state index contributed by atoms with van der Waals surface area (Å²) in [5.74, 6) is -0.228. The van der Waals surface area contributed by atoms with Crippen LogP contribution < -0.4 is 10.5 Å². The van der Waals surface area contributed by atoms with E-state index in [1.54, 1.807) is 0 Å². The zero-order valence-electron chi connectivity index (χ0n) is 8.53. The van der Waals surface area contributed by atoms with Crippen LogP contribution in [0.25, 0.3) is 0 Å². The molecule has 5 nitrogen and oxygen atoms in total. The molecule has 0 spiro atoms. The first-order valence-electron chi connectivity index (χ1n) is 4.54. The molecule has 0 aliphatic rings. The van der Waals surface area contributed by atoms with Gasteiger partial charge in [-0.15, -0.1) is 0 Å². The Morgan fingerprint density at radius 3 is 2.53 bits per heavy atom. The number of ether oxygens (including phenoxy) is 1. The molecule has 0 atom stereocenters. The van der Waals surface area contributed by atoms with E-state index in [9.17, 15) is 23.3 Å². The molecule has 1 aromatic carbocycles. The van der Waals surface area contributed by atoms with Crippen LogP contribution in [0.1, 0.15) is 5.56 Å². The molecule has 0 radical (unpaired) electrons. The minimum atomic E-state index is -4.63. The van der Waals surface area contributed by atoms with Crippen LogP contribution in [0.5, 0.6) is 5.75 Å². The quantitative estimate of drug-likeness (QED) is 0.654. The summed E-state index contributed by atoms with van der Waals surface area (Å²) in [5.41, 5.74) is 3.31. The first-order chi connectivity index (χ1) is 7.86. The molecule has 0 aromatic heterocycles. The Labute approximate surface area is 94.1 Å². The molecular weight excluding hydrogens is 241 g/mol. The van der Waals surface area contributed by atoms with Crippen molar-refractivity contribution >= 4 is 5.69 Å². The van der Waals surface area contributed by atoms with Crippen molar-refractivity contribution in [1.82, 2.24) is 0 Å². The van der Waals surface area contributed by atoms with E-state index in [-0.39, 0.29) is 18.9 Å². The number of halogens is 3. The van der Waals surface area contributed by atoms with E-state index in [2.05, 4.69) is 0 Å². The fraction of sp³-hybridized carbons (Fsp3) is 0.333. The lowest BCUT2D eigenvalue weighted by Gasteiger charge is -2.09. The molecule has 17 heavy (non-hydrogen) atoms. The molecule has 8 heteroatoms. The standard InChI is InChI=1S/C9H9F3N2O3/c10-9(11,12)6-1-2-8(17-4-3-13)7(5-6)14(15)16/h1-2,5H,3-4,13H2. The fourth-order valence-electron chi connectivity index (χ4n) is 1.13. The van der Waals surface area contributed by atoms with E-state index in [1.807, 2.05) is 0 Å². The third-order valence-electron chi connectivity index (χ3n) is 1.86. The van der Waals surface area contributed by atoms with Gasteiger partial charge >= 0.3 is 11.9 Å². The van der Waals surface area contributed by atoms with Crippen LogP contribution in [0, 0.1) is 10.1 Å². The molecule has 0 unspecified atom stereocenters. The van der Waals surface area contributed by atoms with Gasteiger partial charge in [0, 0.05) is 12.6 Å². The topological polar surface area (TPSA) is 78.4 Å². The maximum absolute atomic E-state index is 12.3. The molecule has 0 saturated heterocycles. The highest BCUT2D eigenvalue weighted by Crippen LogP contribution is 2.35. The lowest BCUT2D eigenvalue weighted by atomic mass is 10.2. The Morgan fingerprint density at radius 1 is 1.41 bits per heavy atom. The van der Waals surface area contributed by atoms with E-state index in [0.29, 0.717) is 6.07 Å². The van der Waals surface area contributed by atoms with Crippen molar-refractivity contribution in [1.29, 1.82) is 0 Å². The van der Waals surface area contributed by atoms with Gasteiger partial charge in [0.15, 0.2) is 5.75 Å². The van der Waals surface area contributed by atoms with Gasteiger partial charge < -0.3 is 10.5 Å². The molecule has 0 bridgehead atoms. The molecule has 2 N–H and O–H groups in total. The Hall–Kier alpha value is -1.83. The molecule has 0 heterocycles. The number of hydrogen-bond donors (Lipinski definition) is 1. The van der Waals surface area contributed by atoms with Gasteiger partial charge in [0.25, 0.3) is 0 Å². The van der Waals surface area contributed by atoms with Gasteiger partial charge in [-0.05, 0) is 12.1 Å². The van der Waals surface area contributed by atoms with Gasteiger partial charge in [0.05, 0.1) is 10.5 Å². The number of nitrogens with two attached hydrogens (primary N) is 1. The smallest absolute Gasteiger partial charge is 0.416 e. The van der Waals surface area contributed by atoms with Crippen molar-refractivity contribution in [3.63, 3.8) is 0 Å². The van der Waals surface area contributed by atoms with Crippen molar-refractivity contribution in [2.45, 2.75) is 6.18 Å². The summed E-state index contributed by atoms with van der Waals surface area (Å²) in [7, 11) is 0. The second-order valence-electron chi connectivity index (χ2n) is 3.07. The molecule has 0 aliphatic carbocycles. The first kappa shape index (κ1) is 13.2. The number of nitro benzene ring substituents is 1. The Morgan fingerprint density at radius 2 is 2.06 bits per heavy atom. The van der Waals surface area contributed by atoms with E-state index in [4.69, 9.17) is 10.5 Å². The molecule has 0 saturated carbocycles. The van der Waals surface area contributed by atoms with E-state index >= 15 is 0 Å². The predicted octanol–water partition coefficient (Wildman–Crippen LogP) is 1.95. The largest absolute Gasteiger partial charge is 0.485 e. The Kier molecular flexibility index (Phi) is 3.89. The molecule has 94 valence electrons. The van der Waals surface area contributed by atoms with Crippen molar-refractivity contribution in [2.75, 3.05) is 13.2 Å². The molecule has 1 rings (SSSR count). The summed E-state index contributed by atoms with van der Waals surface area (Å²) in [6.07, 6.45) is -4.63. The lowest BCUT2D eigenvalue weighted by Crippen LogP contribution is -2.12. The number of hydrogen-bond acceptors (Lipinski definition) is 4. The first-order valence-corrected chi connectivity index (χ1v) is 4.54. The molecule has 1 aromatic rings. The summed E-state index contributed by atoms with van der Waals surface area (Å²) >= 11 is 0. The second kappa shape index (κ2) is 5.00. The van der Waals surface area contributed by atoms with Crippen LogP contribution in [0.3, 0.4) is 0 Å². The van der Waals surface area contributed by atoms with Crippen LogP contribution in [0.15, 0.2) is 18.2 Å². The van der Waals surface area contributed by atoms with E-state index in [0.717, 1.165) is 12.1 Å². The lowest BCUT2D eigenvalue weighted by molar-refractivity contribution is -0.386. The summed E-state index contributed by atoms with van der Waals surface area (Å²) in [6, 6.07) is 2.07. The summed E-state index contributed by atoms with van der Waals surface area (Å²) in [6.45, 7) is 0.102. The zero-order valence-corrected chi connectivity index (χ0v) is 8.53. The maximum Gasteiger partial charge on any atom is 0.416 e. The Bertz CT molecular complexity index is 420. The van der Waals surface area contributed by atoms with E-state index < -0.39 is 22.4 Å². The highest BCUT2D eigenvalue weighted by atomic mass is 19.4. The van der Waals surface area contributed by atoms with Crippen molar-refractivity contribution < 1.29 is 22.8 Å². The van der Waals surface area contributed by atoms with Gasteiger partial charge in [0.2, 0.25) is 0 Å². The number of rotatable bonds is 4. The average molecular weight is 250 g/mol. The molecular formula is C9H9F3N2O3. The van der Waals surface area contributed by atoms with Gasteiger partial charge in [-0.3, -0.25) is 10.1 Å². The Balaban J connectivity index is 3.13. The van der Waals surface area contributed by atoms with Crippen LogP contribution in [-0.2, 0) is 6.18 Å². The SMILES string of the molecule is NCCOc1ccc(C(F)(F)F)cc1[N+](=O)[O-].